The topological polar surface area (TPSA) is 41.1 Å². The summed E-state index contributed by atoms with van der Waals surface area (Å²) in [5.74, 6) is 1.86. The van der Waals surface area contributed by atoms with Gasteiger partial charge in [-0.15, -0.1) is 0 Å². The van der Waals surface area contributed by atoms with Crippen LogP contribution >= 0.6 is 0 Å². The Morgan fingerprint density at radius 1 is 1.21 bits per heavy atom. The Balaban J connectivity index is 2.15. The fraction of sp³-hybridized carbons (Fsp3) is 0.733. The van der Waals surface area contributed by atoms with Crippen LogP contribution in [0.5, 0.6) is 0 Å². The van der Waals surface area contributed by atoms with Gasteiger partial charge >= 0.3 is 0 Å². The maximum atomic E-state index is 4.69. The molecular weight excluding hydrogens is 236 g/mol. The molecule has 0 saturated carbocycles. The van der Waals surface area contributed by atoms with Crippen LogP contribution in [-0.2, 0) is 0 Å². The summed E-state index contributed by atoms with van der Waals surface area (Å²) in [6, 6.07) is 2.49. The predicted molar refractivity (Wildman–Crippen MR) is 80.8 cm³/mol. The van der Waals surface area contributed by atoms with Gasteiger partial charge in [0.15, 0.2) is 0 Å². The molecule has 1 aliphatic heterocycles. The number of rotatable bonds is 4. The van der Waals surface area contributed by atoms with Crippen molar-refractivity contribution in [3.8, 4) is 0 Å². The van der Waals surface area contributed by atoms with E-state index < -0.39 is 0 Å². The number of aromatic nitrogens is 2. The Kier molecular flexibility index (Phi) is 5.00. The Labute approximate surface area is 116 Å². The lowest BCUT2D eigenvalue weighted by atomic mass is 10.2. The lowest BCUT2D eigenvalue weighted by Crippen LogP contribution is -2.27. The fourth-order valence-electron chi connectivity index (χ4n) is 2.39. The van der Waals surface area contributed by atoms with Crippen LogP contribution in [0.3, 0.4) is 0 Å². The van der Waals surface area contributed by atoms with E-state index in [1.807, 2.05) is 13.0 Å². The molecule has 2 heterocycles. The third-order valence-electron chi connectivity index (χ3n) is 3.74. The van der Waals surface area contributed by atoms with Crippen LogP contribution in [0.4, 0.5) is 11.8 Å². The molecule has 1 aromatic rings. The number of anilines is 2. The minimum Gasteiger partial charge on any atom is -0.367 e. The normalized spacial score (nSPS) is 17.9. The summed E-state index contributed by atoms with van der Waals surface area (Å²) in [5.41, 5.74) is 1.04. The fourth-order valence-corrected chi connectivity index (χ4v) is 2.39. The third-order valence-corrected chi connectivity index (χ3v) is 3.74. The second kappa shape index (κ2) is 6.73. The molecule has 0 aromatic carbocycles. The highest BCUT2D eigenvalue weighted by Gasteiger charge is 2.14. The van der Waals surface area contributed by atoms with Gasteiger partial charge in [0.2, 0.25) is 5.95 Å². The number of hydrogen-bond acceptors (Lipinski definition) is 4. The number of aryl methyl sites for hydroxylation is 1. The molecule has 0 bridgehead atoms. The van der Waals surface area contributed by atoms with E-state index in [-0.39, 0.29) is 0 Å². The molecule has 19 heavy (non-hydrogen) atoms. The van der Waals surface area contributed by atoms with Crippen molar-refractivity contribution in [1.82, 2.24) is 9.97 Å². The molecule has 1 atom stereocenters. The van der Waals surface area contributed by atoms with Crippen LogP contribution in [0.2, 0.25) is 0 Å². The highest BCUT2D eigenvalue weighted by Crippen LogP contribution is 2.18. The molecule has 106 valence electrons. The molecule has 1 fully saturated rings. The first-order valence-electron chi connectivity index (χ1n) is 7.56. The van der Waals surface area contributed by atoms with Crippen LogP contribution in [0, 0.1) is 6.92 Å². The number of nitrogens with one attached hydrogen (secondary N) is 1. The minimum absolute atomic E-state index is 0.450. The SMILES string of the molecule is CCC(C)Nc1cc(C)nc(N2CCCCCC2)n1. The first-order chi connectivity index (χ1) is 9.19. The zero-order valence-electron chi connectivity index (χ0n) is 12.4. The Bertz CT molecular complexity index is 397. The van der Waals surface area contributed by atoms with E-state index in [9.17, 15) is 0 Å². The van der Waals surface area contributed by atoms with Crippen molar-refractivity contribution in [1.29, 1.82) is 0 Å². The van der Waals surface area contributed by atoms with E-state index in [0.717, 1.165) is 37.0 Å². The van der Waals surface area contributed by atoms with Crippen molar-refractivity contribution in [3.63, 3.8) is 0 Å². The minimum atomic E-state index is 0.450. The second-order valence-electron chi connectivity index (χ2n) is 5.55. The van der Waals surface area contributed by atoms with Crippen molar-refractivity contribution in [3.05, 3.63) is 11.8 Å². The molecular formula is C15H26N4. The smallest absolute Gasteiger partial charge is 0.227 e. The second-order valence-corrected chi connectivity index (χ2v) is 5.55. The quantitative estimate of drug-likeness (QED) is 0.903. The summed E-state index contributed by atoms with van der Waals surface area (Å²) in [4.78, 5) is 11.6. The van der Waals surface area contributed by atoms with Crippen LogP contribution in [-0.4, -0.2) is 29.1 Å². The van der Waals surface area contributed by atoms with E-state index in [2.05, 4.69) is 29.0 Å². The zero-order chi connectivity index (χ0) is 13.7. The van der Waals surface area contributed by atoms with Crippen LogP contribution in [0.1, 0.15) is 51.6 Å². The van der Waals surface area contributed by atoms with E-state index in [1.165, 1.54) is 25.7 Å². The van der Waals surface area contributed by atoms with E-state index >= 15 is 0 Å². The first kappa shape index (κ1) is 14.1. The standard InChI is InChI=1S/C15H26N4/c1-4-12(2)16-14-11-13(3)17-15(18-14)19-9-7-5-6-8-10-19/h11-12H,4-10H2,1-3H3,(H,16,17,18). The van der Waals surface area contributed by atoms with E-state index in [1.54, 1.807) is 0 Å². The zero-order valence-corrected chi connectivity index (χ0v) is 12.4. The van der Waals surface area contributed by atoms with Crippen molar-refractivity contribution in [2.24, 2.45) is 0 Å². The highest BCUT2D eigenvalue weighted by molar-refractivity contribution is 5.44. The monoisotopic (exact) mass is 262 g/mol. The molecule has 0 radical (unpaired) electrons. The van der Waals surface area contributed by atoms with Crippen molar-refractivity contribution >= 4 is 11.8 Å². The lowest BCUT2D eigenvalue weighted by molar-refractivity contribution is 0.726. The summed E-state index contributed by atoms with van der Waals surface area (Å²) in [5, 5.41) is 3.45. The molecule has 0 spiro atoms. The molecule has 1 unspecified atom stereocenters. The van der Waals surface area contributed by atoms with Gasteiger partial charge in [-0.2, -0.15) is 4.98 Å². The lowest BCUT2D eigenvalue weighted by Gasteiger charge is -2.22. The van der Waals surface area contributed by atoms with Gasteiger partial charge in [0, 0.05) is 30.9 Å². The van der Waals surface area contributed by atoms with Crippen molar-refractivity contribution in [2.75, 3.05) is 23.3 Å². The van der Waals surface area contributed by atoms with Gasteiger partial charge in [0.25, 0.3) is 0 Å². The number of hydrogen-bond donors (Lipinski definition) is 1. The highest BCUT2D eigenvalue weighted by atomic mass is 15.3. The van der Waals surface area contributed by atoms with Gasteiger partial charge < -0.3 is 10.2 Å². The average molecular weight is 262 g/mol. The molecule has 1 aromatic heterocycles. The van der Waals surface area contributed by atoms with Gasteiger partial charge in [-0.3, -0.25) is 0 Å². The van der Waals surface area contributed by atoms with Crippen molar-refractivity contribution < 1.29 is 0 Å². The predicted octanol–water partition coefficient (Wildman–Crippen LogP) is 3.38. The summed E-state index contributed by atoms with van der Waals surface area (Å²) in [6.45, 7) is 8.59. The molecule has 0 amide bonds. The third kappa shape index (κ3) is 4.08. The Morgan fingerprint density at radius 3 is 2.53 bits per heavy atom. The van der Waals surface area contributed by atoms with Crippen LogP contribution in [0.15, 0.2) is 6.07 Å². The maximum absolute atomic E-state index is 4.69. The van der Waals surface area contributed by atoms with E-state index in [0.29, 0.717) is 6.04 Å². The summed E-state index contributed by atoms with van der Waals surface area (Å²) in [7, 11) is 0. The average Bonchev–Trinajstić information content (AvgIpc) is 2.66. The molecule has 1 N–H and O–H groups in total. The summed E-state index contributed by atoms with van der Waals surface area (Å²) >= 11 is 0. The number of nitrogens with zero attached hydrogens (tertiary/aromatic N) is 3. The van der Waals surface area contributed by atoms with Gasteiger partial charge in [-0.05, 0) is 33.1 Å². The Morgan fingerprint density at radius 2 is 1.89 bits per heavy atom. The van der Waals surface area contributed by atoms with Gasteiger partial charge in [0.1, 0.15) is 5.82 Å². The van der Waals surface area contributed by atoms with E-state index in [4.69, 9.17) is 4.98 Å². The Hall–Kier alpha value is -1.32. The molecule has 2 rings (SSSR count). The first-order valence-corrected chi connectivity index (χ1v) is 7.56. The van der Waals surface area contributed by atoms with Crippen LogP contribution in [0.25, 0.3) is 0 Å². The molecule has 1 aliphatic rings. The maximum Gasteiger partial charge on any atom is 0.227 e. The van der Waals surface area contributed by atoms with Crippen LogP contribution < -0.4 is 10.2 Å². The van der Waals surface area contributed by atoms with Gasteiger partial charge in [0.05, 0.1) is 0 Å². The van der Waals surface area contributed by atoms with Crippen molar-refractivity contribution in [2.45, 2.75) is 58.9 Å². The summed E-state index contributed by atoms with van der Waals surface area (Å²) in [6.07, 6.45) is 6.28. The summed E-state index contributed by atoms with van der Waals surface area (Å²) < 4.78 is 0. The largest absolute Gasteiger partial charge is 0.367 e. The molecule has 4 heteroatoms. The van der Waals surface area contributed by atoms with Gasteiger partial charge in [-0.1, -0.05) is 19.8 Å². The molecule has 1 saturated heterocycles. The molecule has 4 nitrogen and oxygen atoms in total. The molecule has 0 aliphatic carbocycles. The van der Waals surface area contributed by atoms with Gasteiger partial charge in [-0.25, -0.2) is 4.98 Å².